The third-order valence-corrected chi connectivity index (χ3v) is 3.67. The van der Waals surface area contributed by atoms with Gasteiger partial charge in [0.2, 0.25) is 0 Å². The van der Waals surface area contributed by atoms with E-state index in [4.69, 9.17) is 11.6 Å². The normalized spacial score (nSPS) is 10.6. The summed E-state index contributed by atoms with van der Waals surface area (Å²) in [5.41, 5.74) is -0.0617. The van der Waals surface area contributed by atoms with Gasteiger partial charge in [-0.15, -0.1) is 21.8 Å². The Labute approximate surface area is 117 Å². The molecule has 0 bridgehead atoms. The Morgan fingerprint density at radius 2 is 2.21 bits per heavy atom. The standard InChI is InChI=1S/C11H9ClFN3O2S/c12-5-1-2-10-14-15-11(19-10)8-4-3-7(16(17)18)6-9(8)13/h3-4,6H,1-2,5H2. The summed E-state index contributed by atoms with van der Waals surface area (Å²) in [4.78, 5) is 9.88. The number of non-ortho nitro benzene ring substituents is 1. The number of halogens is 2. The second-order valence-electron chi connectivity index (χ2n) is 3.71. The molecule has 8 heteroatoms. The molecule has 2 rings (SSSR count). The zero-order valence-corrected chi connectivity index (χ0v) is 11.2. The maximum Gasteiger partial charge on any atom is 0.272 e. The van der Waals surface area contributed by atoms with E-state index in [1.54, 1.807) is 0 Å². The quantitative estimate of drug-likeness (QED) is 0.482. The first-order chi connectivity index (χ1) is 9.11. The predicted molar refractivity (Wildman–Crippen MR) is 71.0 cm³/mol. The highest BCUT2D eigenvalue weighted by atomic mass is 35.5. The van der Waals surface area contributed by atoms with Gasteiger partial charge in [-0.05, 0) is 12.5 Å². The predicted octanol–water partition coefficient (Wildman–Crippen LogP) is 3.42. The van der Waals surface area contributed by atoms with Crippen molar-refractivity contribution >= 4 is 28.6 Å². The maximum absolute atomic E-state index is 13.8. The Hall–Kier alpha value is -1.60. The fraction of sp³-hybridized carbons (Fsp3) is 0.273. The molecule has 0 aliphatic heterocycles. The van der Waals surface area contributed by atoms with Gasteiger partial charge in [0.05, 0.1) is 11.0 Å². The molecule has 0 fully saturated rings. The molecule has 0 saturated carbocycles. The summed E-state index contributed by atoms with van der Waals surface area (Å²) in [6.45, 7) is 0. The fourth-order valence-corrected chi connectivity index (χ4v) is 2.51. The van der Waals surface area contributed by atoms with Crippen molar-refractivity contribution in [2.75, 3.05) is 5.88 Å². The molecular formula is C11H9ClFN3O2S. The minimum Gasteiger partial charge on any atom is -0.258 e. The SMILES string of the molecule is O=[N+]([O-])c1ccc(-c2nnc(CCCCl)s2)c(F)c1. The average molecular weight is 302 g/mol. The lowest BCUT2D eigenvalue weighted by Crippen LogP contribution is -1.90. The van der Waals surface area contributed by atoms with E-state index in [-0.39, 0.29) is 11.3 Å². The van der Waals surface area contributed by atoms with Crippen LogP contribution >= 0.6 is 22.9 Å². The Kier molecular flexibility index (Phi) is 4.39. The van der Waals surface area contributed by atoms with Gasteiger partial charge in [0, 0.05) is 23.9 Å². The average Bonchev–Trinajstić information content (AvgIpc) is 2.84. The van der Waals surface area contributed by atoms with Crippen molar-refractivity contribution in [1.82, 2.24) is 10.2 Å². The summed E-state index contributed by atoms with van der Waals surface area (Å²) in [6.07, 6.45) is 1.47. The van der Waals surface area contributed by atoms with Crippen molar-refractivity contribution in [1.29, 1.82) is 0 Å². The lowest BCUT2D eigenvalue weighted by molar-refractivity contribution is -0.385. The molecule has 0 unspecified atom stereocenters. The number of hydrogen-bond donors (Lipinski definition) is 0. The van der Waals surface area contributed by atoms with Crippen LogP contribution in [0.5, 0.6) is 0 Å². The number of rotatable bonds is 5. The Morgan fingerprint density at radius 1 is 1.42 bits per heavy atom. The number of nitro benzene ring substituents is 1. The van der Waals surface area contributed by atoms with Crippen molar-refractivity contribution in [2.24, 2.45) is 0 Å². The first kappa shape index (κ1) is 13.8. The van der Waals surface area contributed by atoms with Crippen molar-refractivity contribution in [3.63, 3.8) is 0 Å². The Balaban J connectivity index is 2.26. The van der Waals surface area contributed by atoms with E-state index in [2.05, 4.69) is 10.2 Å². The van der Waals surface area contributed by atoms with Crippen molar-refractivity contribution in [2.45, 2.75) is 12.8 Å². The first-order valence-electron chi connectivity index (χ1n) is 5.44. The molecule has 100 valence electrons. The van der Waals surface area contributed by atoms with Gasteiger partial charge < -0.3 is 0 Å². The second-order valence-corrected chi connectivity index (χ2v) is 5.15. The lowest BCUT2D eigenvalue weighted by Gasteiger charge is -1.97. The Morgan fingerprint density at radius 3 is 2.84 bits per heavy atom. The molecular weight excluding hydrogens is 293 g/mol. The molecule has 0 saturated heterocycles. The zero-order valence-electron chi connectivity index (χ0n) is 9.68. The van der Waals surface area contributed by atoms with E-state index >= 15 is 0 Å². The minimum absolute atomic E-state index is 0.222. The van der Waals surface area contributed by atoms with Crippen LogP contribution in [0, 0.1) is 15.9 Å². The number of nitro groups is 1. The van der Waals surface area contributed by atoms with Gasteiger partial charge in [0.1, 0.15) is 10.8 Å². The van der Waals surface area contributed by atoms with Crippen LogP contribution in [0.2, 0.25) is 0 Å². The number of aryl methyl sites for hydroxylation is 1. The summed E-state index contributed by atoms with van der Waals surface area (Å²) >= 11 is 6.84. The highest BCUT2D eigenvalue weighted by Crippen LogP contribution is 2.28. The van der Waals surface area contributed by atoms with E-state index < -0.39 is 10.7 Å². The molecule has 0 atom stereocenters. The first-order valence-corrected chi connectivity index (χ1v) is 6.79. The van der Waals surface area contributed by atoms with E-state index in [0.29, 0.717) is 17.3 Å². The van der Waals surface area contributed by atoms with Gasteiger partial charge in [-0.3, -0.25) is 10.1 Å². The summed E-state index contributed by atoms with van der Waals surface area (Å²) < 4.78 is 13.8. The van der Waals surface area contributed by atoms with Gasteiger partial charge in [-0.2, -0.15) is 0 Å². The van der Waals surface area contributed by atoms with Crippen LogP contribution in [0.4, 0.5) is 10.1 Å². The van der Waals surface area contributed by atoms with Gasteiger partial charge in [0.25, 0.3) is 5.69 Å². The molecule has 2 aromatic rings. The van der Waals surface area contributed by atoms with Crippen molar-refractivity contribution in [3.05, 3.63) is 39.1 Å². The summed E-state index contributed by atoms with van der Waals surface area (Å²) in [5.74, 6) is -0.143. The maximum atomic E-state index is 13.8. The molecule has 1 heterocycles. The minimum atomic E-state index is -0.672. The van der Waals surface area contributed by atoms with Crippen molar-refractivity contribution < 1.29 is 9.31 Å². The number of benzene rings is 1. The van der Waals surface area contributed by atoms with Gasteiger partial charge in [-0.1, -0.05) is 11.3 Å². The van der Waals surface area contributed by atoms with Crippen LogP contribution in [-0.4, -0.2) is 21.0 Å². The summed E-state index contributed by atoms with van der Waals surface area (Å²) in [5, 5.41) is 19.5. The van der Waals surface area contributed by atoms with Gasteiger partial charge in [-0.25, -0.2) is 4.39 Å². The number of alkyl halides is 1. The summed E-state index contributed by atoms with van der Waals surface area (Å²) in [6, 6.07) is 3.48. The van der Waals surface area contributed by atoms with E-state index in [1.165, 1.54) is 23.5 Å². The van der Waals surface area contributed by atoms with Gasteiger partial charge >= 0.3 is 0 Å². The van der Waals surface area contributed by atoms with Crippen LogP contribution in [0.3, 0.4) is 0 Å². The van der Waals surface area contributed by atoms with Crippen LogP contribution in [0.1, 0.15) is 11.4 Å². The number of aromatic nitrogens is 2. The third-order valence-electron chi connectivity index (χ3n) is 2.39. The highest BCUT2D eigenvalue weighted by Gasteiger charge is 2.15. The van der Waals surface area contributed by atoms with Crippen LogP contribution in [-0.2, 0) is 6.42 Å². The largest absolute Gasteiger partial charge is 0.272 e. The summed E-state index contributed by atoms with van der Waals surface area (Å²) in [7, 11) is 0. The van der Waals surface area contributed by atoms with Crippen LogP contribution < -0.4 is 0 Å². The number of nitrogens with zero attached hydrogens (tertiary/aromatic N) is 3. The molecule has 0 aliphatic rings. The molecule has 0 aliphatic carbocycles. The van der Waals surface area contributed by atoms with E-state index in [0.717, 1.165) is 17.5 Å². The Bertz CT molecular complexity index is 605. The van der Waals surface area contributed by atoms with E-state index in [9.17, 15) is 14.5 Å². The molecule has 0 N–H and O–H groups in total. The fourth-order valence-electron chi connectivity index (χ4n) is 1.47. The lowest BCUT2D eigenvalue weighted by atomic mass is 10.2. The molecule has 0 amide bonds. The third kappa shape index (κ3) is 3.24. The van der Waals surface area contributed by atoms with Crippen LogP contribution in [0.15, 0.2) is 18.2 Å². The molecule has 5 nitrogen and oxygen atoms in total. The van der Waals surface area contributed by atoms with Gasteiger partial charge in [0.15, 0.2) is 5.01 Å². The molecule has 1 aromatic carbocycles. The monoisotopic (exact) mass is 301 g/mol. The smallest absolute Gasteiger partial charge is 0.258 e. The topological polar surface area (TPSA) is 68.9 Å². The molecule has 1 aromatic heterocycles. The molecule has 19 heavy (non-hydrogen) atoms. The zero-order chi connectivity index (χ0) is 13.8. The van der Waals surface area contributed by atoms with Crippen molar-refractivity contribution in [3.8, 4) is 10.6 Å². The molecule has 0 spiro atoms. The number of hydrogen-bond acceptors (Lipinski definition) is 5. The second kappa shape index (κ2) is 6.03. The van der Waals surface area contributed by atoms with Crippen LogP contribution in [0.25, 0.3) is 10.6 Å². The highest BCUT2D eigenvalue weighted by molar-refractivity contribution is 7.14. The van der Waals surface area contributed by atoms with E-state index in [1.807, 2.05) is 0 Å². The molecule has 0 radical (unpaired) electrons.